The first kappa shape index (κ1) is 45.1. The average Bonchev–Trinajstić information content (AvgIpc) is 3.81. The second-order valence-corrected chi connectivity index (χ2v) is 27.2. The van der Waals surface area contributed by atoms with Gasteiger partial charge in [-0.2, -0.15) is 0 Å². The molecule has 2 aliphatic carbocycles. The van der Waals surface area contributed by atoms with Crippen molar-refractivity contribution in [2.75, 3.05) is 0 Å². The van der Waals surface area contributed by atoms with Crippen molar-refractivity contribution < 1.29 is 0 Å². The molecule has 0 atom stereocenters. The summed E-state index contributed by atoms with van der Waals surface area (Å²) in [7, 11) is -2.11. The van der Waals surface area contributed by atoms with Crippen molar-refractivity contribution in [2.45, 2.75) is 195 Å². The maximum Gasteiger partial charge on any atom is 0.109 e. The predicted octanol–water partition coefficient (Wildman–Crippen LogP) is 17.5. The Morgan fingerprint density at radius 2 is 0.763 bits per heavy atom. The monoisotopic (exact) mass is 805 g/mol. The van der Waals surface area contributed by atoms with Crippen LogP contribution in [0.3, 0.4) is 0 Å². The summed E-state index contributed by atoms with van der Waals surface area (Å²) in [5, 5.41) is 3.61. The molecule has 0 spiro atoms. The third-order valence-corrected chi connectivity index (χ3v) is 19.4. The standard InChI is InChI=1S/C58H80Si/c1-15-17-19-21-29-59(30-22-20-18-16-2,49-35-41-25-23-27-51(53(41)39-49)43-31-45(55(3,4)5)37-46(32-43)56(6,7)8)50-36-42-26-24-28-52(54(42)40-50)44-33-47(57(9,10)11)38-48(34-44)58(12,13)14/h23-28,31-34,37-40H,15-22,29-30,35-36H2,1-14H3. The smallest absolute Gasteiger partial charge is 0.0709 e. The minimum absolute atomic E-state index is 0.0825. The second-order valence-electron chi connectivity index (χ2n) is 22.8. The number of hydrogen-bond acceptors (Lipinski definition) is 0. The molecule has 0 radical (unpaired) electrons. The summed E-state index contributed by atoms with van der Waals surface area (Å²) >= 11 is 0. The summed E-state index contributed by atoms with van der Waals surface area (Å²) in [5.74, 6) is 0. The van der Waals surface area contributed by atoms with Crippen molar-refractivity contribution in [1.29, 1.82) is 0 Å². The minimum atomic E-state index is -2.11. The average molecular weight is 805 g/mol. The van der Waals surface area contributed by atoms with E-state index in [1.807, 2.05) is 0 Å². The summed E-state index contributed by atoms with van der Waals surface area (Å²) in [6.07, 6.45) is 18.4. The lowest BCUT2D eigenvalue weighted by Gasteiger charge is -2.36. The van der Waals surface area contributed by atoms with Crippen molar-refractivity contribution in [3.8, 4) is 22.3 Å². The third kappa shape index (κ3) is 10.0. The molecule has 2 aliphatic rings. The molecule has 0 heterocycles. The van der Waals surface area contributed by atoms with E-state index in [4.69, 9.17) is 0 Å². The molecule has 0 N–H and O–H groups in total. The van der Waals surface area contributed by atoms with Crippen LogP contribution in [-0.2, 0) is 34.5 Å². The largest absolute Gasteiger partial charge is 0.109 e. The Kier molecular flexibility index (Phi) is 13.4. The normalized spacial score (nSPS) is 14.7. The van der Waals surface area contributed by atoms with Gasteiger partial charge in [0.25, 0.3) is 0 Å². The van der Waals surface area contributed by atoms with Gasteiger partial charge in [0.2, 0.25) is 0 Å². The molecule has 0 fully saturated rings. The number of unbranched alkanes of at least 4 members (excludes halogenated alkanes) is 6. The fourth-order valence-corrected chi connectivity index (χ4v) is 15.4. The maximum absolute atomic E-state index is 2.77. The van der Waals surface area contributed by atoms with Gasteiger partial charge in [0.15, 0.2) is 0 Å². The molecule has 4 aromatic rings. The van der Waals surface area contributed by atoms with Gasteiger partial charge in [-0.3, -0.25) is 0 Å². The fourth-order valence-electron chi connectivity index (χ4n) is 9.83. The maximum atomic E-state index is 2.77. The molecule has 0 aliphatic heterocycles. The van der Waals surface area contributed by atoms with E-state index in [-0.39, 0.29) is 21.7 Å². The predicted molar refractivity (Wildman–Crippen MR) is 266 cm³/mol. The first-order valence-corrected chi connectivity index (χ1v) is 26.1. The van der Waals surface area contributed by atoms with Gasteiger partial charge in [0.05, 0.1) is 0 Å². The highest BCUT2D eigenvalue weighted by Crippen LogP contribution is 2.49. The van der Waals surface area contributed by atoms with E-state index >= 15 is 0 Å². The number of fused-ring (bicyclic) bond motifs is 2. The summed E-state index contributed by atoms with van der Waals surface area (Å²) in [5.41, 5.74) is 17.8. The van der Waals surface area contributed by atoms with E-state index < -0.39 is 8.07 Å². The molecule has 4 aromatic carbocycles. The molecule has 0 nitrogen and oxygen atoms in total. The Morgan fingerprint density at radius 3 is 1.07 bits per heavy atom. The van der Waals surface area contributed by atoms with E-state index in [9.17, 15) is 0 Å². The molecule has 0 aromatic heterocycles. The van der Waals surface area contributed by atoms with E-state index in [1.165, 1.54) is 119 Å². The zero-order valence-corrected chi connectivity index (χ0v) is 41.1. The van der Waals surface area contributed by atoms with Crippen LogP contribution >= 0.6 is 0 Å². The molecule has 0 unspecified atom stereocenters. The molecule has 316 valence electrons. The molecule has 0 bridgehead atoms. The third-order valence-electron chi connectivity index (χ3n) is 13.9. The molecule has 0 amide bonds. The van der Waals surface area contributed by atoms with Gasteiger partial charge in [-0.25, -0.2) is 0 Å². The SMILES string of the molecule is CCCCCC[Si](CCCCCC)(C1=Cc2c(cccc2-c2cc(C(C)(C)C)cc(C(C)(C)C)c2)C1)C1=Cc2c(cccc2-c2cc(C(C)(C)C)cc(C(C)(C)C)c2)C1. The van der Waals surface area contributed by atoms with Gasteiger partial charge in [-0.05, 0) is 113 Å². The second kappa shape index (κ2) is 17.5. The summed E-state index contributed by atoms with van der Waals surface area (Å²) in [6, 6.07) is 32.2. The van der Waals surface area contributed by atoms with Crippen LogP contribution in [0.2, 0.25) is 12.1 Å². The van der Waals surface area contributed by atoms with Crippen molar-refractivity contribution in [2.24, 2.45) is 0 Å². The first-order chi connectivity index (χ1) is 27.7. The molecule has 6 rings (SSSR count). The zero-order chi connectivity index (χ0) is 43.0. The summed E-state index contributed by atoms with van der Waals surface area (Å²) < 4.78 is 0. The Labute approximate surface area is 363 Å². The highest BCUT2D eigenvalue weighted by atomic mass is 28.3. The van der Waals surface area contributed by atoms with Gasteiger partial charge >= 0.3 is 0 Å². The number of hydrogen-bond donors (Lipinski definition) is 0. The van der Waals surface area contributed by atoms with E-state index in [0.29, 0.717) is 0 Å². The van der Waals surface area contributed by atoms with Gasteiger partial charge in [0.1, 0.15) is 8.07 Å². The zero-order valence-electron chi connectivity index (χ0n) is 40.1. The van der Waals surface area contributed by atoms with E-state index in [0.717, 1.165) is 12.8 Å². The molecular weight excluding hydrogens is 725 g/mol. The van der Waals surface area contributed by atoms with E-state index in [1.54, 1.807) is 21.5 Å². The topological polar surface area (TPSA) is 0 Å². The number of rotatable bonds is 14. The Hall–Kier alpha value is -3.42. The van der Waals surface area contributed by atoms with Crippen LogP contribution in [0.5, 0.6) is 0 Å². The molecule has 59 heavy (non-hydrogen) atoms. The lowest BCUT2D eigenvalue weighted by atomic mass is 9.78. The van der Waals surface area contributed by atoms with E-state index in [2.05, 4.69) is 182 Å². The van der Waals surface area contributed by atoms with Crippen molar-refractivity contribution in [1.82, 2.24) is 0 Å². The van der Waals surface area contributed by atoms with Crippen LogP contribution < -0.4 is 0 Å². The minimum Gasteiger partial charge on any atom is -0.0709 e. The summed E-state index contributed by atoms with van der Waals surface area (Å²) in [6.45, 7) is 33.1. The van der Waals surface area contributed by atoms with Crippen LogP contribution in [0.1, 0.15) is 193 Å². The summed E-state index contributed by atoms with van der Waals surface area (Å²) in [4.78, 5) is 0. The Bertz CT molecular complexity index is 1950. The van der Waals surface area contributed by atoms with Gasteiger partial charge in [-0.1, -0.05) is 244 Å². The Morgan fingerprint density at radius 1 is 0.424 bits per heavy atom. The lowest BCUT2D eigenvalue weighted by Crippen LogP contribution is -2.40. The van der Waals surface area contributed by atoms with Crippen molar-refractivity contribution >= 4 is 20.2 Å². The van der Waals surface area contributed by atoms with Gasteiger partial charge in [-0.15, -0.1) is 0 Å². The van der Waals surface area contributed by atoms with Crippen LogP contribution in [-0.4, -0.2) is 8.07 Å². The lowest BCUT2D eigenvalue weighted by molar-refractivity contribution is 0.568. The van der Waals surface area contributed by atoms with Crippen molar-refractivity contribution in [3.63, 3.8) is 0 Å². The van der Waals surface area contributed by atoms with Crippen LogP contribution in [0.25, 0.3) is 34.4 Å². The molecule has 0 saturated carbocycles. The Balaban J connectivity index is 1.53. The highest BCUT2D eigenvalue weighted by Gasteiger charge is 2.43. The van der Waals surface area contributed by atoms with Gasteiger partial charge in [0, 0.05) is 0 Å². The number of allylic oxidation sites excluding steroid dienone is 2. The quantitative estimate of drug-likeness (QED) is 0.0880. The van der Waals surface area contributed by atoms with Crippen LogP contribution in [0.15, 0.2) is 83.2 Å². The molecule has 1 heteroatoms. The number of benzene rings is 4. The highest BCUT2D eigenvalue weighted by molar-refractivity contribution is 6.94. The van der Waals surface area contributed by atoms with Crippen LogP contribution in [0, 0.1) is 0 Å². The first-order valence-electron chi connectivity index (χ1n) is 23.6. The molecular formula is C58H80Si. The molecule has 0 saturated heterocycles. The fraction of sp³-hybridized carbons (Fsp3) is 0.517. The van der Waals surface area contributed by atoms with Crippen LogP contribution in [0.4, 0.5) is 0 Å². The van der Waals surface area contributed by atoms with Gasteiger partial charge < -0.3 is 0 Å². The van der Waals surface area contributed by atoms with Crippen molar-refractivity contribution in [3.05, 3.63) is 128 Å².